The zero-order valence-corrected chi connectivity index (χ0v) is 19.6. The van der Waals surface area contributed by atoms with Gasteiger partial charge in [-0.3, -0.25) is 4.90 Å². The van der Waals surface area contributed by atoms with Crippen molar-refractivity contribution in [3.8, 4) is 11.5 Å². The number of benzene rings is 2. The Morgan fingerprint density at radius 1 is 0.875 bits per heavy atom. The van der Waals surface area contributed by atoms with Crippen LogP contribution >= 0.6 is 11.6 Å². The van der Waals surface area contributed by atoms with Crippen LogP contribution in [0.25, 0.3) is 0 Å². The normalized spacial score (nSPS) is 17.0. The highest BCUT2D eigenvalue weighted by Crippen LogP contribution is 2.33. The average Bonchev–Trinajstić information content (AvgIpc) is 2.82. The third-order valence-corrected chi connectivity index (χ3v) is 6.14. The number of nitrogens with zero attached hydrogens (tertiary/aromatic N) is 1. The Labute approximate surface area is 195 Å². The second kappa shape index (κ2) is 11.9. The first-order valence-corrected chi connectivity index (χ1v) is 11.6. The molecule has 0 radical (unpaired) electrons. The first kappa shape index (κ1) is 24.8. The van der Waals surface area contributed by atoms with E-state index < -0.39 is 12.2 Å². The number of morpholine rings is 1. The van der Waals surface area contributed by atoms with Gasteiger partial charge in [0.25, 0.3) is 0 Å². The molecule has 32 heavy (non-hydrogen) atoms. The monoisotopic (exact) mass is 463 g/mol. The Morgan fingerprint density at radius 2 is 1.34 bits per heavy atom. The molecule has 0 amide bonds. The summed E-state index contributed by atoms with van der Waals surface area (Å²) in [5.74, 6) is 1.60. The summed E-state index contributed by atoms with van der Waals surface area (Å²) in [5, 5.41) is 19.8. The van der Waals surface area contributed by atoms with Crippen LogP contribution in [0.15, 0.2) is 48.5 Å². The van der Waals surface area contributed by atoms with Crippen molar-refractivity contribution in [2.24, 2.45) is 0 Å². The van der Waals surface area contributed by atoms with Crippen molar-refractivity contribution < 1.29 is 24.4 Å². The molecule has 6 nitrogen and oxygen atoms in total. The smallest absolute Gasteiger partial charge is 0.119 e. The maximum Gasteiger partial charge on any atom is 0.119 e. The highest BCUT2D eigenvalue weighted by molar-refractivity contribution is 6.18. The summed E-state index contributed by atoms with van der Waals surface area (Å²) in [6, 6.07) is 15.9. The SMILES string of the molecule is CC(C)(c1ccc(OC[C@H](O)CCl)cc1)c1ccc(OC[C@@H](O)CN2CCOCC2)cc1. The molecular weight excluding hydrogens is 430 g/mol. The van der Waals surface area contributed by atoms with Crippen LogP contribution in [0.5, 0.6) is 11.5 Å². The van der Waals surface area contributed by atoms with Gasteiger partial charge in [-0.05, 0) is 35.4 Å². The van der Waals surface area contributed by atoms with Gasteiger partial charge in [0.1, 0.15) is 36.9 Å². The van der Waals surface area contributed by atoms with E-state index in [1.54, 1.807) is 0 Å². The highest BCUT2D eigenvalue weighted by Gasteiger charge is 2.23. The second-order valence-corrected chi connectivity index (χ2v) is 8.98. The zero-order valence-electron chi connectivity index (χ0n) is 18.9. The van der Waals surface area contributed by atoms with Crippen molar-refractivity contribution in [1.29, 1.82) is 0 Å². The minimum Gasteiger partial charge on any atom is -0.491 e. The van der Waals surface area contributed by atoms with Crippen LogP contribution in [0.4, 0.5) is 0 Å². The molecule has 1 saturated heterocycles. The lowest BCUT2D eigenvalue weighted by Gasteiger charge is -2.28. The Hall–Kier alpha value is -1.83. The molecule has 2 atom stereocenters. The molecule has 1 heterocycles. The lowest BCUT2D eigenvalue weighted by molar-refractivity contribution is 0.00465. The summed E-state index contributed by atoms with van der Waals surface area (Å²) in [6.45, 7) is 8.51. The van der Waals surface area contributed by atoms with Gasteiger partial charge < -0.3 is 24.4 Å². The van der Waals surface area contributed by atoms with Crippen LogP contribution < -0.4 is 9.47 Å². The van der Waals surface area contributed by atoms with Crippen LogP contribution in [-0.2, 0) is 10.2 Å². The molecule has 0 bridgehead atoms. The number of aliphatic hydroxyl groups excluding tert-OH is 2. The number of hydrogen-bond acceptors (Lipinski definition) is 6. The Balaban J connectivity index is 1.53. The van der Waals surface area contributed by atoms with Crippen LogP contribution in [-0.4, -0.2) is 79.3 Å². The molecule has 1 aliphatic heterocycles. The summed E-state index contributed by atoms with van der Waals surface area (Å²) < 4.78 is 16.7. The van der Waals surface area contributed by atoms with Crippen molar-refractivity contribution >= 4 is 11.6 Å². The van der Waals surface area contributed by atoms with Crippen molar-refractivity contribution in [3.05, 3.63) is 59.7 Å². The van der Waals surface area contributed by atoms with Crippen LogP contribution in [0.3, 0.4) is 0 Å². The molecule has 7 heteroatoms. The summed E-state index contributed by atoms with van der Waals surface area (Å²) in [7, 11) is 0. The van der Waals surface area contributed by atoms with E-state index in [0.29, 0.717) is 12.3 Å². The Bertz CT molecular complexity index is 806. The van der Waals surface area contributed by atoms with Gasteiger partial charge in [-0.15, -0.1) is 11.6 Å². The molecule has 0 saturated carbocycles. The number of halogens is 1. The van der Waals surface area contributed by atoms with E-state index >= 15 is 0 Å². The van der Waals surface area contributed by atoms with Gasteiger partial charge >= 0.3 is 0 Å². The van der Waals surface area contributed by atoms with E-state index in [9.17, 15) is 10.2 Å². The molecule has 2 aromatic carbocycles. The fraction of sp³-hybridized carbons (Fsp3) is 0.520. The summed E-state index contributed by atoms with van der Waals surface area (Å²) in [6.07, 6.45) is -1.20. The lowest BCUT2D eigenvalue weighted by atomic mass is 9.78. The maximum absolute atomic E-state index is 10.3. The van der Waals surface area contributed by atoms with Gasteiger partial charge in [0.15, 0.2) is 0 Å². The van der Waals surface area contributed by atoms with E-state index in [1.807, 2.05) is 36.4 Å². The predicted molar refractivity (Wildman–Crippen MR) is 126 cm³/mol. The summed E-state index contributed by atoms with van der Waals surface area (Å²) >= 11 is 5.60. The van der Waals surface area contributed by atoms with Crippen LogP contribution in [0.1, 0.15) is 25.0 Å². The largest absolute Gasteiger partial charge is 0.491 e. The minimum atomic E-state index is -0.672. The lowest BCUT2D eigenvalue weighted by Crippen LogP contribution is -2.42. The van der Waals surface area contributed by atoms with E-state index in [-0.39, 0.29) is 24.5 Å². The average molecular weight is 464 g/mol. The molecule has 0 unspecified atom stereocenters. The number of β-amino-alcohol motifs (C(OH)–C–C–N with tert-alkyl or cyclic N) is 1. The van der Waals surface area contributed by atoms with Crippen LogP contribution in [0.2, 0.25) is 0 Å². The first-order chi connectivity index (χ1) is 15.4. The van der Waals surface area contributed by atoms with Gasteiger partial charge in [-0.25, -0.2) is 0 Å². The molecule has 0 spiro atoms. The number of alkyl halides is 1. The van der Waals surface area contributed by atoms with E-state index in [4.69, 9.17) is 25.8 Å². The van der Waals surface area contributed by atoms with Gasteiger partial charge in [0.05, 0.1) is 19.1 Å². The van der Waals surface area contributed by atoms with Crippen molar-refractivity contribution in [1.82, 2.24) is 4.90 Å². The first-order valence-electron chi connectivity index (χ1n) is 11.1. The van der Waals surface area contributed by atoms with E-state index in [0.717, 1.165) is 43.2 Å². The van der Waals surface area contributed by atoms with Crippen molar-refractivity contribution in [2.45, 2.75) is 31.5 Å². The summed E-state index contributed by atoms with van der Waals surface area (Å²) in [5.41, 5.74) is 2.10. The van der Waals surface area contributed by atoms with E-state index in [1.165, 1.54) is 0 Å². The molecule has 1 aliphatic rings. The maximum atomic E-state index is 10.3. The minimum absolute atomic E-state index is 0.150. The molecule has 0 aromatic heterocycles. The highest BCUT2D eigenvalue weighted by atomic mass is 35.5. The van der Waals surface area contributed by atoms with Gasteiger partial charge in [0.2, 0.25) is 0 Å². The number of hydrogen-bond donors (Lipinski definition) is 2. The third kappa shape index (κ3) is 7.09. The second-order valence-electron chi connectivity index (χ2n) is 8.67. The van der Waals surface area contributed by atoms with Crippen molar-refractivity contribution in [2.75, 3.05) is 51.9 Å². The fourth-order valence-electron chi connectivity index (χ4n) is 3.67. The summed E-state index contributed by atoms with van der Waals surface area (Å²) in [4.78, 5) is 2.19. The molecule has 1 fully saturated rings. The molecule has 2 N–H and O–H groups in total. The number of aliphatic hydroxyl groups is 2. The van der Waals surface area contributed by atoms with Gasteiger partial charge in [0, 0.05) is 25.0 Å². The van der Waals surface area contributed by atoms with Gasteiger partial charge in [-0.2, -0.15) is 0 Å². The molecule has 3 rings (SSSR count). The predicted octanol–water partition coefficient (Wildman–Crippen LogP) is 3.06. The molecular formula is C25H34ClNO5. The van der Waals surface area contributed by atoms with Gasteiger partial charge in [-0.1, -0.05) is 38.1 Å². The standard InChI is InChI=1S/C25H34ClNO5/c1-25(2,19-3-7-23(8-4-19)31-17-21(28)15-26)20-5-9-24(10-6-20)32-18-22(29)16-27-11-13-30-14-12-27/h3-10,21-22,28-29H,11-18H2,1-2H3/t21-,22+/m1/s1. The fourth-order valence-corrected chi connectivity index (χ4v) is 3.76. The quantitative estimate of drug-likeness (QED) is 0.499. The zero-order chi connectivity index (χ0) is 23.0. The molecule has 0 aliphatic carbocycles. The van der Waals surface area contributed by atoms with Crippen molar-refractivity contribution in [3.63, 3.8) is 0 Å². The Morgan fingerprint density at radius 3 is 1.81 bits per heavy atom. The number of rotatable bonds is 11. The third-order valence-electron chi connectivity index (χ3n) is 5.79. The topological polar surface area (TPSA) is 71.4 Å². The molecule has 176 valence electrons. The Kier molecular flexibility index (Phi) is 9.20. The van der Waals surface area contributed by atoms with Crippen LogP contribution in [0, 0.1) is 0 Å². The van der Waals surface area contributed by atoms with E-state index in [2.05, 4.69) is 30.9 Å². The molecule has 2 aromatic rings. The number of ether oxygens (including phenoxy) is 3.